The molecule has 1 fully saturated rings. The van der Waals surface area contributed by atoms with E-state index in [-0.39, 0.29) is 18.2 Å². The maximum absolute atomic E-state index is 12.7. The van der Waals surface area contributed by atoms with Crippen LogP contribution in [0.25, 0.3) is 0 Å². The van der Waals surface area contributed by atoms with E-state index >= 15 is 0 Å². The van der Waals surface area contributed by atoms with Gasteiger partial charge in [0, 0.05) is 24.1 Å². The Labute approximate surface area is 169 Å². The third-order valence-corrected chi connectivity index (χ3v) is 4.44. The normalized spacial score (nSPS) is 18.3. The molecule has 2 amide bonds. The molecule has 1 aliphatic heterocycles. The lowest BCUT2D eigenvalue weighted by Crippen LogP contribution is -2.54. The highest BCUT2D eigenvalue weighted by molar-refractivity contribution is 9.10. The molecule has 0 bridgehead atoms. The number of halogens is 1. The number of piperazine rings is 1. The van der Waals surface area contributed by atoms with Crippen molar-refractivity contribution in [1.82, 2.24) is 9.80 Å². The first-order valence-electron chi connectivity index (χ1n) is 9.09. The highest BCUT2D eigenvalue weighted by atomic mass is 79.9. The molecule has 0 radical (unpaired) electrons. The van der Waals surface area contributed by atoms with Crippen molar-refractivity contribution in [1.29, 1.82) is 0 Å². The Bertz CT molecular complexity index is 677. The summed E-state index contributed by atoms with van der Waals surface area (Å²) in [6.45, 7) is 12.2. The fraction of sp³-hybridized carbons (Fsp3) is 0.600. The molecule has 150 valence electrons. The second-order valence-corrected chi connectivity index (χ2v) is 9.58. The number of amides is 2. The molecule has 7 heteroatoms. The van der Waals surface area contributed by atoms with Crippen molar-refractivity contribution in [3.63, 3.8) is 0 Å². The second-order valence-electron chi connectivity index (χ2n) is 8.67. The zero-order chi connectivity index (χ0) is 20.4. The van der Waals surface area contributed by atoms with Crippen LogP contribution >= 0.6 is 15.9 Å². The number of carbonyl (C=O) groups excluding carboxylic acids is 2. The third-order valence-electron chi connectivity index (χ3n) is 3.91. The molecule has 0 saturated carbocycles. The van der Waals surface area contributed by atoms with E-state index < -0.39 is 11.2 Å². The van der Waals surface area contributed by atoms with Gasteiger partial charge in [-0.1, -0.05) is 28.1 Å². The van der Waals surface area contributed by atoms with E-state index in [4.69, 9.17) is 9.47 Å². The van der Waals surface area contributed by atoms with Crippen LogP contribution in [0.4, 0.5) is 9.59 Å². The summed E-state index contributed by atoms with van der Waals surface area (Å²) >= 11 is 3.43. The predicted octanol–water partition coefficient (Wildman–Crippen LogP) is 4.98. The molecule has 1 aromatic carbocycles. The summed E-state index contributed by atoms with van der Waals surface area (Å²) in [4.78, 5) is 28.6. The first-order chi connectivity index (χ1) is 12.4. The highest BCUT2D eigenvalue weighted by Crippen LogP contribution is 2.29. The lowest BCUT2D eigenvalue weighted by Gasteiger charge is -2.42. The molecule has 1 heterocycles. The maximum Gasteiger partial charge on any atom is 0.410 e. The van der Waals surface area contributed by atoms with Crippen LogP contribution in [-0.2, 0) is 9.47 Å². The van der Waals surface area contributed by atoms with Crippen molar-refractivity contribution < 1.29 is 19.1 Å². The van der Waals surface area contributed by atoms with Gasteiger partial charge in [0.1, 0.15) is 11.2 Å². The second kappa shape index (κ2) is 8.09. The van der Waals surface area contributed by atoms with E-state index in [1.807, 2.05) is 65.8 Å². The Morgan fingerprint density at radius 2 is 1.44 bits per heavy atom. The molecule has 1 unspecified atom stereocenters. The number of rotatable bonds is 1. The van der Waals surface area contributed by atoms with Crippen LogP contribution in [-0.4, -0.2) is 52.8 Å². The summed E-state index contributed by atoms with van der Waals surface area (Å²) in [5.74, 6) is 0. The fourth-order valence-electron chi connectivity index (χ4n) is 2.78. The number of nitrogens with zero attached hydrogens (tertiary/aromatic N) is 2. The summed E-state index contributed by atoms with van der Waals surface area (Å²) < 4.78 is 12.0. The van der Waals surface area contributed by atoms with Crippen LogP contribution in [0.1, 0.15) is 53.1 Å². The first-order valence-corrected chi connectivity index (χ1v) is 9.88. The molecule has 1 atom stereocenters. The average Bonchev–Trinajstić information content (AvgIpc) is 2.52. The van der Waals surface area contributed by atoms with Gasteiger partial charge >= 0.3 is 12.2 Å². The quantitative estimate of drug-likeness (QED) is 0.617. The standard InChI is InChI=1S/C20H29BrN2O4/c1-19(2,3)26-17(24)22-11-12-23(18(25)27-20(4,5)6)16(13-22)14-7-9-15(21)10-8-14/h7-10,16H,11-13H2,1-6H3. The van der Waals surface area contributed by atoms with E-state index in [9.17, 15) is 9.59 Å². The smallest absolute Gasteiger partial charge is 0.410 e. The number of carbonyl (C=O) groups is 2. The number of hydrogen-bond acceptors (Lipinski definition) is 4. The molecule has 6 nitrogen and oxygen atoms in total. The monoisotopic (exact) mass is 440 g/mol. The van der Waals surface area contributed by atoms with Gasteiger partial charge in [0.25, 0.3) is 0 Å². The lowest BCUT2D eigenvalue weighted by molar-refractivity contribution is -0.0152. The van der Waals surface area contributed by atoms with E-state index in [1.54, 1.807) is 9.80 Å². The number of benzene rings is 1. The van der Waals surface area contributed by atoms with E-state index in [0.717, 1.165) is 10.0 Å². The predicted molar refractivity (Wildman–Crippen MR) is 108 cm³/mol. The number of ether oxygens (including phenoxy) is 2. The van der Waals surface area contributed by atoms with Crippen LogP contribution in [0.15, 0.2) is 28.7 Å². The van der Waals surface area contributed by atoms with Crippen molar-refractivity contribution in [2.24, 2.45) is 0 Å². The Kier molecular flexibility index (Phi) is 6.45. The summed E-state index contributed by atoms with van der Waals surface area (Å²) in [7, 11) is 0. The molecular formula is C20H29BrN2O4. The molecule has 0 aromatic heterocycles. The minimum Gasteiger partial charge on any atom is -0.444 e. The molecule has 1 aromatic rings. The summed E-state index contributed by atoms with van der Waals surface area (Å²) in [6.07, 6.45) is -0.743. The van der Waals surface area contributed by atoms with Gasteiger partial charge in [0.15, 0.2) is 0 Å². The van der Waals surface area contributed by atoms with Crippen molar-refractivity contribution in [2.75, 3.05) is 19.6 Å². The first kappa shape index (κ1) is 21.5. The molecule has 0 aliphatic carbocycles. The third kappa shape index (κ3) is 6.41. The van der Waals surface area contributed by atoms with Crippen LogP contribution < -0.4 is 0 Å². The van der Waals surface area contributed by atoms with Gasteiger partial charge in [-0.2, -0.15) is 0 Å². The molecule has 0 spiro atoms. The van der Waals surface area contributed by atoms with Crippen LogP contribution in [0.3, 0.4) is 0 Å². The zero-order valence-corrected chi connectivity index (χ0v) is 18.5. The van der Waals surface area contributed by atoms with E-state index in [2.05, 4.69) is 15.9 Å². The van der Waals surface area contributed by atoms with Gasteiger partial charge < -0.3 is 14.4 Å². The molecular weight excluding hydrogens is 412 g/mol. The van der Waals surface area contributed by atoms with Gasteiger partial charge in [-0.05, 0) is 59.2 Å². The van der Waals surface area contributed by atoms with Gasteiger partial charge in [-0.3, -0.25) is 4.90 Å². The zero-order valence-electron chi connectivity index (χ0n) is 16.9. The SMILES string of the molecule is CC(C)(C)OC(=O)N1CCN(C(=O)OC(C)(C)C)C(c2ccc(Br)cc2)C1. The van der Waals surface area contributed by atoms with Crippen LogP contribution in [0.2, 0.25) is 0 Å². The van der Waals surface area contributed by atoms with Crippen molar-refractivity contribution >= 4 is 28.1 Å². The Balaban J connectivity index is 2.24. The molecule has 1 saturated heterocycles. The Hall–Kier alpha value is -1.76. The topological polar surface area (TPSA) is 59.1 Å². The average molecular weight is 441 g/mol. The lowest BCUT2D eigenvalue weighted by atomic mass is 10.0. The van der Waals surface area contributed by atoms with Crippen LogP contribution in [0.5, 0.6) is 0 Å². The van der Waals surface area contributed by atoms with E-state index in [1.165, 1.54) is 0 Å². The molecule has 2 rings (SSSR count). The molecule has 0 N–H and O–H groups in total. The van der Waals surface area contributed by atoms with E-state index in [0.29, 0.717) is 19.6 Å². The highest BCUT2D eigenvalue weighted by Gasteiger charge is 2.37. The largest absolute Gasteiger partial charge is 0.444 e. The van der Waals surface area contributed by atoms with Gasteiger partial charge in [0.05, 0.1) is 6.04 Å². The summed E-state index contributed by atoms with van der Waals surface area (Å²) in [5, 5.41) is 0. The summed E-state index contributed by atoms with van der Waals surface area (Å²) in [6, 6.07) is 7.45. The van der Waals surface area contributed by atoms with Gasteiger partial charge in [-0.15, -0.1) is 0 Å². The van der Waals surface area contributed by atoms with Gasteiger partial charge in [0.2, 0.25) is 0 Å². The van der Waals surface area contributed by atoms with Crippen molar-refractivity contribution in [2.45, 2.75) is 58.8 Å². The molecule has 1 aliphatic rings. The van der Waals surface area contributed by atoms with Crippen molar-refractivity contribution in [3.8, 4) is 0 Å². The van der Waals surface area contributed by atoms with Crippen molar-refractivity contribution in [3.05, 3.63) is 34.3 Å². The fourth-order valence-corrected chi connectivity index (χ4v) is 3.05. The molecule has 27 heavy (non-hydrogen) atoms. The minimum absolute atomic E-state index is 0.297. The minimum atomic E-state index is -0.580. The van der Waals surface area contributed by atoms with Gasteiger partial charge in [-0.25, -0.2) is 9.59 Å². The maximum atomic E-state index is 12.7. The summed E-state index contributed by atoms with van der Waals surface area (Å²) in [5.41, 5.74) is -0.201. The van der Waals surface area contributed by atoms with Crippen LogP contribution in [0, 0.1) is 0 Å². The number of hydrogen-bond donors (Lipinski definition) is 0. The Morgan fingerprint density at radius 3 is 1.96 bits per heavy atom. The Morgan fingerprint density at radius 1 is 0.926 bits per heavy atom.